The van der Waals surface area contributed by atoms with Crippen molar-refractivity contribution >= 4 is 17.3 Å². The lowest BCUT2D eigenvalue weighted by Gasteiger charge is -2.08. The average Bonchev–Trinajstić information content (AvgIpc) is 2.55. The van der Waals surface area contributed by atoms with Gasteiger partial charge in [-0.2, -0.15) is 11.3 Å². The standard InChI is InChI=1S/C9H13NO2S/c1-2-12-9(11)5-8(10)7-3-4-13-6-7/h3-4,6,8H,2,5,10H2,1H3. The SMILES string of the molecule is CCOC(=O)CC(N)c1ccsc1. The lowest BCUT2D eigenvalue weighted by Crippen LogP contribution is -2.16. The first-order valence-electron chi connectivity index (χ1n) is 4.17. The van der Waals surface area contributed by atoms with Crippen molar-refractivity contribution in [3.8, 4) is 0 Å². The van der Waals surface area contributed by atoms with E-state index < -0.39 is 0 Å². The van der Waals surface area contributed by atoms with Crippen LogP contribution in [0.4, 0.5) is 0 Å². The van der Waals surface area contributed by atoms with E-state index in [0.29, 0.717) is 6.61 Å². The summed E-state index contributed by atoms with van der Waals surface area (Å²) in [6.07, 6.45) is 0.255. The molecule has 0 radical (unpaired) electrons. The van der Waals surface area contributed by atoms with Crippen LogP contribution in [0.2, 0.25) is 0 Å². The van der Waals surface area contributed by atoms with Crippen LogP contribution < -0.4 is 5.73 Å². The van der Waals surface area contributed by atoms with Crippen LogP contribution in [0.3, 0.4) is 0 Å². The van der Waals surface area contributed by atoms with E-state index in [1.165, 1.54) is 0 Å². The van der Waals surface area contributed by atoms with Crippen molar-refractivity contribution < 1.29 is 9.53 Å². The summed E-state index contributed by atoms with van der Waals surface area (Å²) >= 11 is 1.58. The van der Waals surface area contributed by atoms with Crippen LogP contribution in [-0.2, 0) is 9.53 Å². The summed E-state index contributed by atoms with van der Waals surface area (Å²) in [4.78, 5) is 11.0. The molecule has 0 saturated heterocycles. The Balaban J connectivity index is 2.42. The van der Waals surface area contributed by atoms with Crippen LogP contribution in [0.15, 0.2) is 16.8 Å². The minimum atomic E-state index is -0.235. The largest absolute Gasteiger partial charge is 0.466 e. The predicted molar refractivity (Wildman–Crippen MR) is 52.5 cm³/mol. The van der Waals surface area contributed by atoms with Crippen LogP contribution in [-0.4, -0.2) is 12.6 Å². The zero-order chi connectivity index (χ0) is 9.68. The van der Waals surface area contributed by atoms with Gasteiger partial charge in [-0.15, -0.1) is 0 Å². The zero-order valence-electron chi connectivity index (χ0n) is 7.53. The molecule has 0 aromatic carbocycles. The Bertz CT molecular complexity index is 259. The highest BCUT2D eigenvalue weighted by Crippen LogP contribution is 2.17. The maximum absolute atomic E-state index is 11.0. The summed E-state index contributed by atoms with van der Waals surface area (Å²) in [6.45, 7) is 2.20. The summed E-state index contributed by atoms with van der Waals surface area (Å²) in [5.41, 5.74) is 6.77. The second kappa shape index (κ2) is 4.99. The fourth-order valence-corrected chi connectivity index (χ4v) is 1.73. The van der Waals surface area contributed by atoms with Crippen molar-refractivity contribution in [3.63, 3.8) is 0 Å². The van der Waals surface area contributed by atoms with Gasteiger partial charge in [0.05, 0.1) is 13.0 Å². The first kappa shape index (κ1) is 10.2. The van der Waals surface area contributed by atoms with Gasteiger partial charge in [-0.05, 0) is 29.3 Å². The molecule has 0 bridgehead atoms. The number of rotatable bonds is 4. The van der Waals surface area contributed by atoms with E-state index in [4.69, 9.17) is 10.5 Å². The van der Waals surface area contributed by atoms with Crippen molar-refractivity contribution in [2.75, 3.05) is 6.61 Å². The Morgan fingerprint density at radius 3 is 3.08 bits per heavy atom. The molecule has 4 heteroatoms. The highest BCUT2D eigenvalue weighted by atomic mass is 32.1. The van der Waals surface area contributed by atoms with E-state index in [9.17, 15) is 4.79 Å². The van der Waals surface area contributed by atoms with Gasteiger partial charge in [-0.1, -0.05) is 0 Å². The molecule has 0 aliphatic rings. The Morgan fingerprint density at radius 1 is 1.77 bits per heavy atom. The number of carbonyl (C=O) groups excluding carboxylic acids is 1. The molecule has 0 fully saturated rings. The number of nitrogens with two attached hydrogens (primary N) is 1. The maximum Gasteiger partial charge on any atom is 0.307 e. The Labute approximate surface area is 81.5 Å². The minimum Gasteiger partial charge on any atom is -0.466 e. The summed E-state index contributed by atoms with van der Waals surface area (Å²) in [6, 6.07) is 1.69. The zero-order valence-corrected chi connectivity index (χ0v) is 8.34. The topological polar surface area (TPSA) is 52.3 Å². The first-order chi connectivity index (χ1) is 6.24. The van der Waals surface area contributed by atoms with Crippen LogP contribution in [0.25, 0.3) is 0 Å². The second-order valence-corrected chi connectivity index (χ2v) is 3.45. The average molecular weight is 199 g/mol. The van der Waals surface area contributed by atoms with E-state index in [1.807, 2.05) is 16.8 Å². The Hall–Kier alpha value is -0.870. The third-order valence-corrected chi connectivity index (χ3v) is 2.36. The summed E-state index contributed by atoms with van der Waals surface area (Å²) in [5.74, 6) is -0.235. The number of thiophene rings is 1. The van der Waals surface area contributed by atoms with Crippen molar-refractivity contribution in [2.45, 2.75) is 19.4 Å². The smallest absolute Gasteiger partial charge is 0.307 e. The van der Waals surface area contributed by atoms with Crippen molar-refractivity contribution in [2.24, 2.45) is 5.73 Å². The van der Waals surface area contributed by atoms with Gasteiger partial charge < -0.3 is 10.5 Å². The van der Waals surface area contributed by atoms with Crippen molar-refractivity contribution in [1.29, 1.82) is 0 Å². The summed E-state index contributed by atoms with van der Waals surface area (Å²) in [5, 5.41) is 3.89. The van der Waals surface area contributed by atoms with E-state index >= 15 is 0 Å². The molecule has 1 aromatic rings. The summed E-state index contributed by atoms with van der Waals surface area (Å²) in [7, 11) is 0. The second-order valence-electron chi connectivity index (χ2n) is 2.67. The highest BCUT2D eigenvalue weighted by Gasteiger charge is 2.12. The molecule has 13 heavy (non-hydrogen) atoms. The van der Waals surface area contributed by atoms with Crippen LogP contribution >= 0.6 is 11.3 Å². The van der Waals surface area contributed by atoms with Gasteiger partial charge in [0.25, 0.3) is 0 Å². The first-order valence-corrected chi connectivity index (χ1v) is 5.11. The van der Waals surface area contributed by atoms with Gasteiger partial charge in [0.15, 0.2) is 0 Å². The monoisotopic (exact) mass is 199 g/mol. The molecule has 1 aromatic heterocycles. The predicted octanol–water partition coefficient (Wildman–Crippen LogP) is 1.70. The molecule has 0 aliphatic carbocycles. The minimum absolute atomic E-state index is 0.231. The van der Waals surface area contributed by atoms with Gasteiger partial charge in [0.2, 0.25) is 0 Å². The van der Waals surface area contributed by atoms with Gasteiger partial charge in [0, 0.05) is 6.04 Å². The number of hydrogen-bond donors (Lipinski definition) is 1. The van der Waals surface area contributed by atoms with E-state index in [2.05, 4.69) is 0 Å². The molecule has 0 spiro atoms. The molecular formula is C9H13NO2S. The fourth-order valence-electron chi connectivity index (χ4n) is 1.00. The van der Waals surface area contributed by atoms with Gasteiger partial charge >= 0.3 is 5.97 Å². The molecule has 0 amide bonds. The number of esters is 1. The van der Waals surface area contributed by atoms with Crippen molar-refractivity contribution in [3.05, 3.63) is 22.4 Å². The van der Waals surface area contributed by atoms with Crippen LogP contribution in [0.1, 0.15) is 24.9 Å². The Kier molecular flexibility index (Phi) is 3.92. The third kappa shape index (κ3) is 3.16. The molecule has 1 heterocycles. The third-order valence-electron chi connectivity index (χ3n) is 1.66. The number of hydrogen-bond acceptors (Lipinski definition) is 4. The quantitative estimate of drug-likeness (QED) is 0.751. The number of ether oxygens (including phenoxy) is 1. The van der Waals surface area contributed by atoms with E-state index in [1.54, 1.807) is 18.3 Å². The van der Waals surface area contributed by atoms with Crippen LogP contribution in [0, 0.1) is 0 Å². The normalized spacial score (nSPS) is 12.5. The molecule has 1 rings (SSSR count). The lowest BCUT2D eigenvalue weighted by molar-refractivity contribution is -0.143. The van der Waals surface area contributed by atoms with Gasteiger partial charge in [-0.25, -0.2) is 0 Å². The van der Waals surface area contributed by atoms with Crippen LogP contribution in [0.5, 0.6) is 0 Å². The number of carbonyl (C=O) groups is 1. The molecule has 0 aliphatic heterocycles. The highest BCUT2D eigenvalue weighted by molar-refractivity contribution is 7.07. The molecular weight excluding hydrogens is 186 g/mol. The summed E-state index contributed by atoms with van der Waals surface area (Å²) < 4.78 is 4.80. The van der Waals surface area contributed by atoms with E-state index in [0.717, 1.165) is 5.56 Å². The van der Waals surface area contributed by atoms with Crippen molar-refractivity contribution in [1.82, 2.24) is 0 Å². The molecule has 1 unspecified atom stereocenters. The van der Waals surface area contributed by atoms with E-state index in [-0.39, 0.29) is 18.4 Å². The molecule has 0 saturated carbocycles. The lowest BCUT2D eigenvalue weighted by atomic mass is 10.1. The van der Waals surface area contributed by atoms with Gasteiger partial charge in [0.1, 0.15) is 0 Å². The fraction of sp³-hybridized carbons (Fsp3) is 0.444. The molecule has 1 atom stereocenters. The molecule has 72 valence electrons. The maximum atomic E-state index is 11.0. The molecule has 3 nitrogen and oxygen atoms in total. The molecule has 2 N–H and O–H groups in total. The van der Waals surface area contributed by atoms with Gasteiger partial charge in [-0.3, -0.25) is 4.79 Å². The Morgan fingerprint density at radius 2 is 2.54 bits per heavy atom.